The van der Waals surface area contributed by atoms with Gasteiger partial charge in [-0.3, -0.25) is 9.36 Å². The first-order valence-corrected chi connectivity index (χ1v) is 34.7. The van der Waals surface area contributed by atoms with E-state index in [4.69, 9.17) is 9.05 Å². The van der Waals surface area contributed by atoms with Crippen LogP contribution in [0.4, 0.5) is 0 Å². The lowest BCUT2D eigenvalue weighted by Crippen LogP contribution is -2.45. The molecule has 0 aliphatic heterocycles. The molecule has 0 aliphatic rings. The molecule has 0 aromatic carbocycles. The van der Waals surface area contributed by atoms with Crippen molar-refractivity contribution in [3.63, 3.8) is 0 Å². The van der Waals surface area contributed by atoms with E-state index in [1.165, 1.54) is 283 Å². The van der Waals surface area contributed by atoms with E-state index in [-0.39, 0.29) is 19.1 Å². The van der Waals surface area contributed by atoms with Crippen molar-refractivity contribution in [2.45, 2.75) is 353 Å². The number of carbonyl (C=O) groups is 1. The third-order valence-corrected chi connectivity index (χ3v) is 16.4. The van der Waals surface area contributed by atoms with Crippen LogP contribution in [-0.4, -0.2) is 68.5 Å². The van der Waals surface area contributed by atoms with Crippen molar-refractivity contribution >= 4 is 13.7 Å². The number of phosphoric ester groups is 1. The monoisotopic (exact) mass is 1080 g/mol. The van der Waals surface area contributed by atoms with Crippen molar-refractivity contribution < 1.29 is 32.9 Å². The Bertz CT molecular complexity index is 1270. The maximum Gasteiger partial charge on any atom is 0.268 e. The molecule has 0 fully saturated rings. The zero-order valence-corrected chi connectivity index (χ0v) is 51.9. The zero-order valence-electron chi connectivity index (χ0n) is 51.0. The Morgan fingerprint density at radius 2 is 0.733 bits per heavy atom. The van der Waals surface area contributed by atoms with Crippen molar-refractivity contribution in [1.29, 1.82) is 0 Å². The van der Waals surface area contributed by atoms with Crippen molar-refractivity contribution in [2.24, 2.45) is 0 Å². The molecule has 0 aliphatic carbocycles. The Labute approximate surface area is 468 Å². The van der Waals surface area contributed by atoms with Crippen LogP contribution in [0.1, 0.15) is 341 Å². The highest BCUT2D eigenvalue weighted by Gasteiger charge is 2.23. The molecule has 0 spiro atoms. The van der Waals surface area contributed by atoms with Crippen LogP contribution in [0, 0.1) is 0 Å². The van der Waals surface area contributed by atoms with Crippen molar-refractivity contribution in [2.75, 3.05) is 40.9 Å². The highest BCUT2D eigenvalue weighted by molar-refractivity contribution is 7.45. The van der Waals surface area contributed by atoms with E-state index >= 15 is 0 Å². The summed E-state index contributed by atoms with van der Waals surface area (Å²) < 4.78 is 23.4. The minimum absolute atomic E-state index is 0.00192. The van der Waals surface area contributed by atoms with E-state index in [1.54, 1.807) is 6.08 Å². The number of carbonyl (C=O) groups excluding carboxylic acids is 1. The summed E-state index contributed by atoms with van der Waals surface area (Å²) >= 11 is 0. The van der Waals surface area contributed by atoms with Crippen LogP contribution in [0.2, 0.25) is 0 Å². The van der Waals surface area contributed by atoms with E-state index in [1.807, 2.05) is 27.2 Å². The van der Waals surface area contributed by atoms with Gasteiger partial charge in [-0.15, -0.1) is 0 Å². The number of hydrogen-bond acceptors (Lipinski definition) is 6. The number of likely N-dealkylation sites (N-methyl/N-ethyl adjacent to an activating group) is 1. The molecule has 0 saturated heterocycles. The summed E-state index contributed by atoms with van der Waals surface area (Å²) in [5, 5.41) is 13.9. The molecule has 0 rings (SSSR count). The first kappa shape index (κ1) is 74.0. The van der Waals surface area contributed by atoms with Crippen LogP contribution in [-0.2, 0) is 18.4 Å². The van der Waals surface area contributed by atoms with Gasteiger partial charge in [-0.2, -0.15) is 0 Å². The van der Waals surface area contributed by atoms with E-state index in [0.717, 1.165) is 38.5 Å². The Kier molecular flexibility index (Phi) is 56.9. The van der Waals surface area contributed by atoms with Gasteiger partial charge < -0.3 is 28.8 Å². The fourth-order valence-corrected chi connectivity index (χ4v) is 10.9. The normalized spacial score (nSPS) is 13.9. The predicted octanol–water partition coefficient (Wildman–Crippen LogP) is 20.1. The molecule has 0 aromatic heterocycles. The number of unbranched alkanes of at least 4 members (excludes halogenated alkanes) is 47. The maximum atomic E-state index is 13.0. The standard InChI is InChI=1S/C66H131N2O6P/c1-6-8-10-12-14-16-18-20-22-24-26-28-29-30-31-32-33-34-35-36-37-38-39-40-42-44-46-48-50-52-54-56-58-60-66(70)67-64(63-74-75(71,72)73-62-61-68(3,4)5)65(69)59-57-55-53-51-49-47-45-43-41-27-25-23-21-19-17-15-13-11-9-7-2/h24,26,57,59,64-65,69H,6-23,25,27-56,58,60-63H2,1-5H3,(H-,67,70,71,72)/b26-24-,59-57+. The maximum absolute atomic E-state index is 13.0. The van der Waals surface area contributed by atoms with Gasteiger partial charge in [0.05, 0.1) is 39.9 Å². The lowest BCUT2D eigenvalue weighted by Gasteiger charge is -2.29. The molecule has 3 unspecified atom stereocenters. The van der Waals surface area contributed by atoms with Gasteiger partial charge in [0.1, 0.15) is 13.2 Å². The molecule has 0 heterocycles. The molecule has 75 heavy (non-hydrogen) atoms. The number of allylic oxidation sites excluding steroid dienone is 3. The van der Waals surface area contributed by atoms with E-state index in [0.29, 0.717) is 17.4 Å². The van der Waals surface area contributed by atoms with Crippen LogP contribution >= 0.6 is 7.82 Å². The number of rotatable bonds is 62. The molecule has 0 aromatic rings. The molecule has 0 bridgehead atoms. The van der Waals surface area contributed by atoms with Crippen molar-refractivity contribution in [1.82, 2.24) is 5.32 Å². The van der Waals surface area contributed by atoms with E-state index < -0.39 is 20.0 Å². The minimum Gasteiger partial charge on any atom is -0.756 e. The van der Waals surface area contributed by atoms with Crippen LogP contribution < -0.4 is 10.2 Å². The highest BCUT2D eigenvalue weighted by Crippen LogP contribution is 2.38. The quantitative estimate of drug-likeness (QED) is 0.0272. The molecular weight excluding hydrogens is 948 g/mol. The Balaban J connectivity index is 4.01. The lowest BCUT2D eigenvalue weighted by atomic mass is 10.0. The number of amides is 1. The van der Waals surface area contributed by atoms with E-state index in [9.17, 15) is 19.4 Å². The molecule has 2 N–H and O–H groups in total. The molecule has 9 heteroatoms. The van der Waals surface area contributed by atoms with Gasteiger partial charge in [-0.05, 0) is 44.9 Å². The molecule has 446 valence electrons. The van der Waals surface area contributed by atoms with Crippen LogP contribution in [0.5, 0.6) is 0 Å². The second-order valence-electron chi connectivity index (χ2n) is 24.2. The topological polar surface area (TPSA) is 108 Å². The SMILES string of the molecule is CCCCCCCCCC/C=C\CCCCCCCCCCCCCCCCCCCCCCCC(=O)NC(COP(=O)([O-])OCC[N+](C)(C)C)C(O)/C=C/CCCCCCCCCCCCCCCCCCCC. The highest BCUT2D eigenvalue weighted by atomic mass is 31.2. The number of nitrogens with one attached hydrogen (secondary N) is 1. The van der Waals surface area contributed by atoms with Crippen LogP contribution in [0.15, 0.2) is 24.3 Å². The summed E-state index contributed by atoms with van der Waals surface area (Å²) in [7, 11) is 1.28. The third-order valence-electron chi connectivity index (χ3n) is 15.4. The second-order valence-corrected chi connectivity index (χ2v) is 25.6. The molecule has 3 atom stereocenters. The fraction of sp³-hybridized carbons (Fsp3) is 0.924. The van der Waals surface area contributed by atoms with Crippen LogP contribution in [0.3, 0.4) is 0 Å². The summed E-state index contributed by atoms with van der Waals surface area (Å²) in [5.41, 5.74) is 0. The lowest BCUT2D eigenvalue weighted by molar-refractivity contribution is -0.870. The molecule has 8 nitrogen and oxygen atoms in total. The average Bonchev–Trinajstić information content (AvgIpc) is 3.37. The van der Waals surface area contributed by atoms with Gasteiger partial charge in [0.15, 0.2) is 0 Å². The van der Waals surface area contributed by atoms with E-state index in [2.05, 4.69) is 31.3 Å². The minimum atomic E-state index is -4.60. The van der Waals surface area contributed by atoms with Crippen molar-refractivity contribution in [3.8, 4) is 0 Å². The molecular formula is C66H131N2O6P. The zero-order chi connectivity index (χ0) is 54.9. The summed E-state index contributed by atoms with van der Waals surface area (Å²) in [5.74, 6) is -0.190. The summed E-state index contributed by atoms with van der Waals surface area (Å²) in [6.07, 6.45) is 74.3. The van der Waals surface area contributed by atoms with Crippen molar-refractivity contribution in [3.05, 3.63) is 24.3 Å². The summed E-state index contributed by atoms with van der Waals surface area (Å²) in [6, 6.07) is -0.884. The Morgan fingerprint density at radius 1 is 0.453 bits per heavy atom. The summed E-state index contributed by atoms with van der Waals surface area (Å²) in [6.45, 7) is 4.70. The average molecular weight is 1080 g/mol. The Morgan fingerprint density at radius 3 is 1.04 bits per heavy atom. The smallest absolute Gasteiger partial charge is 0.268 e. The van der Waals surface area contributed by atoms with Gasteiger partial charge in [0.25, 0.3) is 7.82 Å². The first-order chi connectivity index (χ1) is 36.5. The third kappa shape index (κ3) is 60.5. The van der Waals surface area contributed by atoms with Crippen LogP contribution in [0.25, 0.3) is 0 Å². The molecule has 0 saturated carbocycles. The predicted molar refractivity (Wildman–Crippen MR) is 325 cm³/mol. The van der Waals surface area contributed by atoms with Gasteiger partial charge in [0, 0.05) is 6.42 Å². The number of aliphatic hydroxyl groups excluding tert-OH is 1. The fourth-order valence-electron chi connectivity index (χ4n) is 10.2. The number of hydrogen-bond donors (Lipinski definition) is 2. The number of phosphoric acid groups is 1. The molecule has 0 radical (unpaired) electrons. The Hall–Kier alpha value is -1.02. The second kappa shape index (κ2) is 57.7. The van der Waals surface area contributed by atoms with Gasteiger partial charge in [-0.1, -0.05) is 314 Å². The van der Waals surface area contributed by atoms with Gasteiger partial charge in [-0.25, -0.2) is 0 Å². The first-order valence-electron chi connectivity index (χ1n) is 33.2. The van der Waals surface area contributed by atoms with Gasteiger partial charge >= 0.3 is 0 Å². The molecule has 1 amide bonds. The number of aliphatic hydroxyl groups is 1. The number of quaternary nitrogens is 1. The summed E-state index contributed by atoms with van der Waals surface area (Å²) in [4.78, 5) is 25.6. The number of nitrogens with zero attached hydrogens (tertiary/aromatic N) is 1. The largest absolute Gasteiger partial charge is 0.756 e. The van der Waals surface area contributed by atoms with Gasteiger partial charge in [0.2, 0.25) is 5.91 Å².